The largest absolute Gasteiger partial charge is 0.497 e. The Bertz CT molecular complexity index is 1710. The molecular formula is C28H20F3N5O2. The van der Waals surface area contributed by atoms with Gasteiger partial charge in [0.25, 0.3) is 0 Å². The van der Waals surface area contributed by atoms with Crippen LogP contribution in [0.4, 0.5) is 13.2 Å². The van der Waals surface area contributed by atoms with Crippen molar-refractivity contribution in [3.8, 4) is 39.7 Å². The molecule has 38 heavy (non-hydrogen) atoms. The van der Waals surface area contributed by atoms with E-state index in [0.717, 1.165) is 45.1 Å². The zero-order valence-electron chi connectivity index (χ0n) is 20.2. The fourth-order valence-electron chi connectivity index (χ4n) is 4.76. The van der Waals surface area contributed by atoms with E-state index in [1.807, 2.05) is 48.5 Å². The summed E-state index contributed by atoms with van der Waals surface area (Å²) in [4.78, 5) is 0. The Kier molecular flexibility index (Phi) is 5.52. The summed E-state index contributed by atoms with van der Waals surface area (Å²) >= 11 is 0. The van der Waals surface area contributed by atoms with Crippen molar-refractivity contribution in [2.45, 2.75) is 6.18 Å². The van der Waals surface area contributed by atoms with Crippen molar-refractivity contribution in [3.05, 3.63) is 84.4 Å². The van der Waals surface area contributed by atoms with Gasteiger partial charge in [0.1, 0.15) is 11.5 Å². The average molecular weight is 515 g/mol. The van der Waals surface area contributed by atoms with Gasteiger partial charge in [0, 0.05) is 22.0 Å². The molecule has 6 rings (SSSR count). The van der Waals surface area contributed by atoms with Crippen molar-refractivity contribution in [1.82, 2.24) is 25.2 Å². The molecule has 0 spiro atoms. The zero-order chi connectivity index (χ0) is 26.4. The number of nitrogens with zero attached hydrogens (tertiary/aromatic N) is 4. The summed E-state index contributed by atoms with van der Waals surface area (Å²) in [6, 6.07) is 22.7. The number of halogens is 3. The van der Waals surface area contributed by atoms with Gasteiger partial charge in [0.15, 0.2) is 5.82 Å². The Morgan fingerprint density at radius 2 is 1.34 bits per heavy atom. The molecule has 0 unspecified atom stereocenters. The number of benzene rings is 4. The number of aromatic amines is 1. The standard InChI is InChI=1S/C28H20F3N5O2/c1-37-19-8-11-25-22(14-19)23-15-20(38-2)9-12-26(23)36(25)18-6-3-16(4-7-18)21-10-5-17(27-32-34-35-33-27)13-24(21)28(29,30)31/h3-15H,1-2H3,(H,32,33,34,35). The third kappa shape index (κ3) is 3.90. The van der Waals surface area contributed by atoms with Gasteiger partial charge >= 0.3 is 6.18 Å². The Morgan fingerprint density at radius 1 is 0.737 bits per heavy atom. The lowest BCUT2D eigenvalue weighted by Gasteiger charge is -2.15. The Morgan fingerprint density at radius 3 is 1.87 bits per heavy atom. The SMILES string of the molecule is COc1ccc2c(c1)c1cc(OC)ccc1n2-c1ccc(-c2ccc(-c3nnn[nH]3)cc2C(F)(F)F)cc1. The van der Waals surface area contributed by atoms with Crippen LogP contribution in [0.5, 0.6) is 11.5 Å². The number of methoxy groups -OCH3 is 2. The van der Waals surface area contributed by atoms with Crippen molar-refractivity contribution in [3.63, 3.8) is 0 Å². The van der Waals surface area contributed by atoms with Crippen molar-refractivity contribution in [1.29, 1.82) is 0 Å². The quantitative estimate of drug-likeness (QED) is 0.278. The maximum Gasteiger partial charge on any atom is 0.417 e. The minimum absolute atomic E-state index is 0.0666. The lowest BCUT2D eigenvalue weighted by atomic mass is 9.96. The van der Waals surface area contributed by atoms with Gasteiger partial charge in [-0.15, -0.1) is 5.10 Å². The summed E-state index contributed by atoms with van der Waals surface area (Å²) in [5.41, 5.74) is 2.66. The molecule has 0 aliphatic rings. The predicted octanol–water partition coefficient (Wildman–Crippen LogP) is 6.67. The molecule has 0 radical (unpaired) electrons. The minimum atomic E-state index is -4.57. The first-order valence-corrected chi connectivity index (χ1v) is 11.6. The first-order chi connectivity index (χ1) is 18.4. The molecule has 0 aliphatic carbocycles. The summed E-state index contributed by atoms with van der Waals surface area (Å²) in [7, 11) is 3.23. The second kappa shape index (κ2) is 8.91. The Hall–Kier alpha value is -4.86. The summed E-state index contributed by atoms with van der Waals surface area (Å²) < 4.78 is 55.1. The van der Waals surface area contributed by atoms with Crippen LogP contribution >= 0.6 is 0 Å². The molecule has 0 saturated heterocycles. The normalized spacial score (nSPS) is 11.8. The third-order valence-electron chi connectivity index (χ3n) is 6.56. The molecule has 0 bridgehead atoms. The van der Waals surface area contributed by atoms with Crippen LogP contribution in [0.1, 0.15) is 5.56 Å². The maximum atomic E-state index is 14.0. The van der Waals surface area contributed by atoms with Gasteiger partial charge < -0.3 is 14.0 Å². The van der Waals surface area contributed by atoms with Crippen LogP contribution < -0.4 is 9.47 Å². The summed E-state index contributed by atoms with van der Waals surface area (Å²) in [5.74, 6) is 1.61. The molecule has 7 nitrogen and oxygen atoms in total. The van der Waals surface area contributed by atoms with Gasteiger partial charge in [-0.2, -0.15) is 13.2 Å². The van der Waals surface area contributed by atoms with Crippen molar-refractivity contribution >= 4 is 21.8 Å². The van der Waals surface area contributed by atoms with E-state index in [1.165, 1.54) is 6.07 Å². The predicted molar refractivity (Wildman–Crippen MR) is 137 cm³/mol. The highest BCUT2D eigenvalue weighted by atomic mass is 19.4. The van der Waals surface area contributed by atoms with E-state index < -0.39 is 11.7 Å². The minimum Gasteiger partial charge on any atom is -0.497 e. The monoisotopic (exact) mass is 515 g/mol. The maximum absolute atomic E-state index is 14.0. The van der Waals surface area contributed by atoms with Gasteiger partial charge in [-0.05, 0) is 76.2 Å². The highest BCUT2D eigenvalue weighted by Gasteiger charge is 2.34. The molecule has 0 aliphatic heterocycles. The lowest BCUT2D eigenvalue weighted by molar-refractivity contribution is -0.137. The van der Waals surface area contributed by atoms with E-state index in [-0.39, 0.29) is 17.0 Å². The van der Waals surface area contributed by atoms with Crippen LogP contribution in [0, 0.1) is 0 Å². The van der Waals surface area contributed by atoms with Crippen LogP contribution in [0.25, 0.3) is 50.0 Å². The fraction of sp³-hybridized carbons (Fsp3) is 0.107. The number of H-pyrrole nitrogens is 1. The first-order valence-electron chi connectivity index (χ1n) is 11.6. The third-order valence-corrected chi connectivity index (χ3v) is 6.56. The number of ether oxygens (including phenoxy) is 2. The van der Waals surface area contributed by atoms with Crippen molar-refractivity contribution in [2.24, 2.45) is 0 Å². The number of fused-ring (bicyclic) bond motifs is 3. The highest BCUT2D eigenvalue weighted by Crippen LogP contribution is 2.40. The second-order valence-corrected chi connectivity index (χ2v) is 8.66. The van der Waals surface area contributed by atoms with Crippen LogP contribution in [0.15, 0.2) is 78.9 Å². The number of hydrogen-bond acceptors (Lipinski definition) is 5. The van der Waals surface area contributed by atoms with E-state index in [1.54, 1.807) is 32.4 Å². The van der Waals surface area contributed by atoms with Crippen LogP contribution in [-0.4, -0.2) is 39.4 Å². The second-order valence-electron chi connectivity index (χ2n) is 8.66. The summed E-state index contributed by atoms with van der Waals surface area (Å²) in [6.45, 7) is 0. The number of hydrogen-bond donors (Lipinski definition) is 1. The Balaban J connectivity index is 1.48. The molecule has 6 aromatic rings. The lowest BCUT2D eigenvalue weighted by Crippen LogP contribution is -2.07. The van der Waals surface area contributed by atoms with Crippen LogP contribution in [0.3, 0.4) is 0 Å². The molecule has 0 saturated carbocycles. The smallest absolute Gasteiger partial charge is 0.417 e. The van der Waals surface area contributed by atoms with Gasteiger partial charge in [0.05, 0.1) is 30.8 Å². The highest BCUT2D eigenvalue weighted by molar-refractivity contribution is 6.10. The van der Waals surface area contributed by atoms with Crippen molar-refractivity contribution < 1.29 is 22.6 Å². The van der Waals surface area contributed by atoms with E-state index >= 15 is 0 Å². The molecular weight excluding hydrogens is 495 g/mol. The molecule has 0 atom stereocenters. The number of rotatable bonds is 5. The molecule has 0 fully saturated rings. The topological polar surface area (TPSA) is 77.8 Å². The van der Waals surface area contributed by atoms with E-state index in [4.69, 9.17) is 9.47 Å². The van der Waals surface area contributed by atoms with E-state index in [0.29, 0.717) is 5.56 Å². The van der Waals surface area contributed by atoms with E-state index in [9.17, 15) is 13.2 Å². The van der Waals surface area contributed by atoms with Crippen LogP contribution in [0.2, 0.25) is 0 Å². The molecule has 10 heteroatoms. The average Bonchev–Trinajstić information content (AvgIpc) is 3.58. The van der Waals surface area contributed by atoms with Crippen molar-refractivity contribution in [2.75, 3.05) is 14.2 Å². The molecule has 2 heterocycles. The number of tetrazole rings is 1. The van der Waals surface area contributed by atoms with Gasteiger partial charge in [-0.1, -0.05) is 24.3 Å². The molecule has 2 aromatic heterocycles. The number of nitrogens with one attached hydrogen (secondary N) is 1. The zero-order valence-corrected chi connectivity index (χ0v) is 20.2. The number of aromatic nitrogens is 5. The number of alkyl halides is 3. The Labute approximate surface area is 214 Å². The summed E-state index contributed by atoms with van der Waals surface area (Å²) in [5, 5.41) is 15.1. The van der Waals surface area contributed by atoms with Gasteiger partial charge in [-0.25, -0.2) is 5.10 Å². The molecule has 1 N–H and O–H groups in total. The first kappa shape index (κ1) is 23.5. The molecule has 4 aromatic carbocycles. The fourth-order valence-corrected chi connectivity index (χ4v) is 4.76. The molecule has 190 valence electrons. The molecule has 0 amide bonds. The van der Waals surface area contributed by atoms with Crippen LogP contribution in [-0.2, 0) is 6.18 Å². The van der Waals surface area contributed by atoms with Gasteiger partial charge in [0.2, 0.25) is 0 Å². The van der Waals surface area contributed by atoms with E-state index in [2.05, 4.69) is 25.2 Å². The summed E-state index contributed by atoms with van der Waals surface area (Å²) in [6.07, 6.45) is -4.57. The van der Waals surface area contributed by atoms with Gasteiger partial charge in [-0.3, -0.25) is 0 Å².